The molecular weight excluding hydrogens is 1430 g/mol. The summed E-state index contributed by atoms with van der Waals surface area (Å²) < 4.78 is 12.5. The SMILES string of the molecule is CCCCCCCCCCCCOc1ccc(Nc2nc(NCCCCCCCCCCCCNc3nc(Nc4ccc(OCCCCCCCCCCCC)cc4)nc(N(CCCCCCCCCCCC)CCCCCCCCCCCC)n3)nc(N(CCCCCCCCCCCC)CCCCCCCCCCCC)n2)cc1. The molecule has 0 amide bonds. The summed E-state index contributed by atoms with van der Waals surface area (Å²) in [6.45, 7) is 21.0. The van der Waals surface area contributed by atoms with Crippen LogP contribution < -0.4 is 40.5 Å². The Kier molecular flexibility index (Phi) is 69.8. The van der Waals surface area contributed by atoms with Crippen LogP contribution >= 0.6 is 0 Å². The molecule has 0 bridgehead atoms. The maximum Gasteiger partial charge on any atom is 0.233 e. The number of nitrogens with zero attached hydrogens (tertiary/aromatic N) is 8. The largest absolute Gasteiger partial charge is 0.494 e. The fraction of sp³-hybridized carbons (Fsp3) is 0.824. The molecule has 2 aromatic carbocycles. The van der Waals surface area contributed by atoms with Crippen molar-refractivity contribution in [3.63, 3.8) is 0 Å². The molecular formula is C102H186N12O2. The Morgan fingerprint density at radius 1 is 0.207 bits per heavy atom. The third-order valence-electron chi connectivity index (χ3n) is 23.9. The Labute approximate surface area is 717 Å². The average molecular weight is 1610 g/mol. The van der Waals surface area contributed by atoms with Gasteiger partial charge in [0.15, 0.2) is 0 Å². The number of hydrogen-bond acceptors (Lipinski definition) is 14. The number of benzene rings is 2. The lowest BCUT2D eigenvalue weighted by Crippen LogP contribution is -2.28. The lowest BCUT2D eigenvalue weighted by molar-refractivity contribution is 0.304. The van der Waals surface area contributed by atoms with Gasteiger partial charge in [-0.25, -0.2) is 0 Å². The number of aromatic nitrogens is 6. The van der Waals surface area contributed by atoms with Gasteiger partial charge in [0.2, 0.25) is 35.7 Å². The van der Waals surface area contributed by atoms with Gasteiger partial charge >= 0.3 is 0 Å². The van der Waals surface area contributed by atoms with E-state index in [1.54, 1.807) is 0 Å². The van der Waals surface area contributed by atoms with Crippen molar-refractivity contribution in [3.8, 4) is 11.5 Å². The van der Waals surface area contributed by atoms with Crippen LogP contribution in [0.4, 0.5) is 47.1 Å². The Balaban J connectivity index is 1.32. The van der Waals surface area contributed by atoms with Gasteiger partial charge in [0.1, 0.15) is 11.5 Å². The van der Waals surface area contributed by atoms with E-state index in [0.717, 1.165) is 139 Å². The first kappa shape index (κ1) is 103. The van der Waals surface area contributed by atoms with Gasteiger partial charge in [-0.15, -0.1) is 0 Å². The van der Waals surface area contributed by atoms with Gasteiger partial charge in [0.25, 0.3) is 0 Å². The van der Waals surface area contributed by atoms with Crippen LogP contribution in [0.2, 0.25) is 0 Å². The predicted octanol–water partition coefficient (Wildman–Crippen LogP) is 32.9. The molecule has 0 aliphatic rings. The molecule has 4 N–H and O–H groups in total. The van der Waals surface area contributed by atoms with E-state index < -0.39 is 0 Å². The summed E-state index contributed by atoms with van der Waals surface area (Å²) >= 11 is 0. The number of ether oxygens (including phenoxy) is 2. The number of nitrogens with one attached hydrogen (secondary N) is 4. The highest BCUT2D eigenvalue weighted by Gasteiger charge is 2.18. The Morgan fingerprint density at radius 3 is 0.621 bits per heavy atom. The van der Waals surface area contributed by atoms with E-state index in [-0.39, 0.29) is 0 Å². The van der Waals surface area contributed by atoms with Gasteiger partial charge in [0, 0.05) is 50.6 Å². The van der Waals surface area contributed by atoms with Gasteiger partial charge < -0.3 is 40.5 Å². The third kappa shape index (κ3) is 59.5. The van der Waals surface area contributed by atoms with Crippen molar-refractivity contribution >= 4 is 47.1 Å². The van der Waals surface area contributed by atoms with Crippen molar-refractivity contribution in [1.82, 2.24) is 29.9 Å². The van der Waals surface area contributed by atoms with Gasteiger partial charge in [-0.2, -0.15) is 29.9 Å². The summed E-state index contributed by atoms with van der Waals surface area (Å²) in [6.07, 6.45) is 92.0. The van der Waals surface area contributed by atoms with Crippen molar-refractivity contribution in [2.75, 3.05) is 83.5 Å². The van der Waals surface area contributed by atoms with Crippen LogP contribution in [-0.4, -0.2) is 82.4 Å². The van der Waals surface area contributed by atoms with Crippen LogP contribution in [0.5, 0.6) is 11.5 Å². The highest BCUT2D eigenvalue weighted by molar-refractivity contribution is 5.58. The molecule has 14 heteroatoms. The molecule has 0 radical (unpaired) electrons. The number of rotatable bonds is 89. The van der Waals surface area contributed by atoms with Crippen LogP contribution in [0.1, 0.15) is 491 Å². The van der Waals surface area contributed by atoms with Gasteiger partial charge in [0.05, 0.1) is 13.2 Å². The molecule has 0 fully saturated rings. The fourth-order valence-corrected chi connectivity index (χ4v) is 16.2. The zero-order valence-corrected chi connectivity index (χ0v) is 77.2. The summed E-state index contributed by atoms with van der Waals surface area (Å²) in [5, 5.41) is 14.6. The molecule has 0 saturated carbocycles. The van der Waals surface area contributed by atoms with Gasteiger partial charge in [-0.05, 0) is 99.9 Å². The summed E-state index contributed by atoms with van der Waals surface area (Å²) in [4.78, 5) is 35.9. The number of anilines is 8. The Bertz CT molecular complexity index is 2490. The molecule has 666 valence electrons. The molecule has 2 heterocycles. The van der Waals surface area contributed by atoms with E-state index >= 15 is 0 Å². The van der Waals surface area contributed by atoms with Crippen molar-refractivity contribution in [1.29, 1.82) is 0 Å². The second-order valence-corrected chi connectivity index (χ2v) is 35.0. The first-order valence-electron chi connectivity index (χ1n) is 51.0. The molecule has 0 spiro atoms. The van der Waals surface area contributed by atoms with Crippen LogP contribution in [-0.2, 0) is 0 Å². The van der Waals surface area contributed by atoms with E-state index in [9.17, 15) is 0 Å². The highest BCUT2D eigenvalue weighted by atomic mass is 16.5. The molecule has 0 saturated heterocycles. The summed E-state index contributed by atoms with van der Waals surface area (Å²) in [5.74, 6) is 5.99. The fourth-order valence-electron chi connectivity index (χ4n) is 16.2. The highest BCUT2D eigenvalue weighted by Crippen LogP contribution is 2.27. The minimum Gasteiger partial charge on any atom is -0.494 e. The molecule has 0 atom stereocenters. The van der Waals surface area contributed by atoms with Crippen LogP contribution in [0.3, 0.4) is 0 Å². The van der Waals surface area contributed by atoms with Crippen molar-refractivity contribution in [2.45, 2.75) is 491 Å². The number of unbranched alkanes of at least 4 members (excludes halogenated alkanes) is 63. The molecule has 0 unspecified atom stereocenters. The number of hydrogen-bond donors (Lipinski definition) is 4. The maximum atomic E-state index is 6.24. The molecule has 14 nitrogen and oxygen atoms in total. The first-order chi connectivity index (χ1) is 57.5. The third-order valence-corrected chi connectivity index (χ3v) is 23.9. The standard InChI is InChI=1S/C102H186N12O2/c1-7-13-19-25-31-37-47-55-63-71-87-113(88-72-64-56-48-38-32-26-20-14-8-2)101-109-97(107-99(111-101)105-93-77-81-95(82-78-93)115-91-75-67-59-51-41-35-29-23-17-11-5)103-85-69-61-53-45-43-44-46-54-62-70-86-104-98-108-100(106-94-79-83-96(84-80-94)116-92-76-68-60-52-42-36-30-24-18-12-6)112-102(110-98)114(89-73-65-57-49-39-33-27-21-15-9-3)90-74-66-58-50-40-34-28-22-16-10-4/h77-84H,7-76,85-92H2,1-6H3,(H2,103,105,107,109,111)(H2,104,106,108,110,112). The zero-order chi connectivity index (χ0) is 82.2. The second kappa shape index (κ2) is 78.4. The van der Waals surface area contributed by atoms with Crippen molar-refractivity contribution < 1.29 is 9.47 Å². The topological polar surface area (TPSA) is 150 Å². The lowest BCUT2D eigenvalue weighted by Gasteiger charge is -2.24. The first-order valence-corrected chi connectivity index (χ1v) is 51.0. The quantitative estimate of drug-likeness (QED) is 0.0311. The van der Waals surface area contributed by atoms with Crippen molar-refractivity contribution in [3.05, 3.63) is 48.5 Å². The smallest absolute Gasteiger partial charge is 0.233 e. The molecule has 0 aliphatic heterocycles. The summed E-state index contributed by atoms with van der Waals surface area (Å²) in [7, 11) is 0. The van der Waals surface area contributed by atoms with E-state index in [1.165, 1.54) is 398 Å². The lowest BCUT2D eigenvalue weighted by atomic mass is 10.1. The monoisotopic (exact) mass is 1610 g/mol. The summed E-state index contributed by atoms with van der Waals surface area (Å²) in [5.41, 5.74) is 1.92. The second-order valence-electron chi connectivity index (χ2n) is 35.0. The van der Waals surface area contributed by atoms with Crippen LogP contribution in [0.15, 0.2) is 48.5 Å². The minimum atomic E-state index is 0.604. The van der Waals surface area contributed by atoms with E-state index in [1.807, 2.05) is 0 Å². The summed E-state index contributed by atoms with van der Waals surface area (Å²) in [6, 6.07) is 16.8. The van der Waals surface area contributed by atoms with Crippen LogP contribution in [0, 0.1) is 0 Å². The maximum absolute atomic E-state index is 6.24. The van der Waals surface area contributed by atoms with E-state index in [4.69, 9.17) is 39.4 Å². The zero-order valence-electron chi connectivity index (χ0n) is 77.2. The molecule has 0 aliphatic carbocycles. The minimum absolute atomic E-state index is 0.604. The molecule has 116 heavy (non-hydrogen) atoms. The normalized spacial score (nSPS) is 11.5. The molecule has 2 aromatic heterocycles. The average Bonchev–Trinajstić information content (AvgIpc) is 0.842. The van der Waals surface area contributed by atoms with Gasteiger partial charge in [-0.3, -0.25) is 0 Å². The Morgan fingerprint density at radius 2 is 0.397 bits per heavy atom. The van der Waals surface area contributed by atoms with Crippen LogP contribution in [0.25, 0.3) is 0 Å². The van der Waals surface area contributed by atoms with E-state index in [0.29, 0.717) is 23.8 Å². The van der Waals surface area contributed by atoms with Crippen molar-refractivity contribution in [2.24, 2.45) is 0 Å². The predicted molar refractivity (Wildman–Crippen MR) is 509 cm³/mol. The molecule has 4 aromatic rings. The van der Waals surface area contributed by atoms with E-state index in [2.05, 4.69) is 121 Å². The molecule has 4 rings (SSSR count). The van der Waals surface area contributed by atoms with Gasteiger partial charge in [-0.1, -0.05) is 440 Å². The Hall–Kier alpha value is -5.14.